The summed E-state index contributed by atoms with van der Waals surface area (Å²) in [7, 11) is 0. The van der Waals surface area contributed by atoms with Crippen LogP contribution in [0, 0.1) is 0 Å². The van der Waals surface area contributed by atoms with Gasteiger partial charge in [-0.2, -0.15) is 13.2 Å². The van der Waals surface area contributed by atoms with Crippen molar-refractivity contribution >= 4 is 17.0 Å². The highest BCUT2D eigenvalue weighted by atomic mass is 19.4. The number of aliphatic hydroxyl groups excluding tert-OH is 3. The molecular formula is C18H18F3N5O4. The number of nitrogen functional groups attached to an aromatic ring is 1. The van der Waals surface area contributed by atoms with Crippen LogP contribution in [-0.4, -0.2) is 59.8 Å². The van der Waals surface area contributed by atoms with E-state index >= 15 is 0 Å². The molecule has 0 radical (unpaired) electrons. The van der Waals surface area contributed by atoms with E-state index in [1.165, 1.54) is 23.0 Å². The van der Waals surface area contributed by atoms with Gasteiger partial charge in [-0.15, -0.1) is 0 Å². The molecule has 1 saturated heterocycles. The van der Waals surface area contributed by atoms with Gasteiger partial charge in [0.2, 0.25) is 0 Å². The van der Waals surface area contributed by atoms with Crippen molar-refractivity contribution in [2.24, 2.45) is 0 Å². The average molecular weight is 425 g/mol. The molecule has 3 aromatic rings. The Morgan fingerprint density at radius 2 is 1.97 bits per heavy atom. The van der Waals surface area contributed by atoms with Gasteiger partial charge in [0.15, 0.2) is 17.2 Å². The lowest BCUT2D eigenvalue weighted by Gasteiger charge is -2.34. The summed E-state index contributed by atoms with van der Waals surface area (Å²) < 4.78 is 46.6. The molecule has 12 heteroatoms. The lowest BCUT2D eigenvalue weighted by molar-refractivity contribution is -0.145. The van der Waals surface area contributed by atoms with Crippen LogP contribution in [0.25, 0.3) is 11.2 Å². The van der Waals surface area contributed by atoms with E-state index in [0.717, 1.165) is 18.5 Å². The molecule has 4 rings (SSSR count). The number of nitrogens with two attached hydrogens (primary N) is 1. The van der Waals surface area contributed by atoms with Gasteiger partial charge < -0.3 is 25.8 Å². The Hall–Kier alpha value is -2.80. The summed E-state index contributed by atoms with van der Waals surface area (Å²) >= 11 is 0. The molecule has 1 aromatic carbocycles. The molecule has 0 amide bonds. The summed E-state index contributed by atoms with van der Waals surface area (Å²) in [5, 5.41) is 30.8. The van der Waals surface area contributed by atoms with E-state index in [1.54, 1.807) is 0 Å². The number of rotatable bonds is 4. The van der Waals surface area contributed by atoms with Gasteiger partial charge in [0.1, 0.15) is 30.2 Å². The molecule has 2 aromatic heterocycles. The molecule has 0 unspecified atom stereocenters. The summed E-state index contributed by atoms with van der Waals surface area (Å²) in [4.78, 5) is 12.0. The minimum Gasteiger partial charge on any atom is -0.394 e. The Bertz CT molecular complexity index is 1080. The predicted octanol–water partition coefficient (Wildman–Crippen LogP) is 0.436. The first-order chi connectivity index (χ1) is 14.2. The van der Waals surface area contributed by atoms with Crippen LogP contribution in [-0.2, 0) is 23.1 Å². The number of hydrogen-bond donors (Lipinski definition) is 4. The number of benzene rings is 1. The number of imidazole rings is 1. The molecule has 3 heterocycles. The van der Waals surface area contributed by atoms with Crippen molar-refractivity contribution in [2.45, 2.75) is 36.6 Å². The number of aromatic nitrogens is 4. The summed E-state index contributed by atoms with van der Waals surface area (Å²) in [5.41, 5.74) is 3.66. The Morgan fingerprint density at radius 3 is 2.63 bits per heavy atom. The minimum atomic E-state index is -4.56. The Kier molecular flexibility index (Phi) is 4.89. The Morgan fingerprint density at radius 1 is 1.20 bits per heavy atom. The molecular weight excluding hydrogens is 407 g/mol. The molecule has 5 N–H and O–H groups in total. The zero-order chi connectivity index (χ0) is 21.7. The van der Waals surface area contributed by atoms with E-state index in [0.29, 0.717) is 0 Å². The van der Waals surface area contributed by atoms with Crippen LogP contribution in [0.15, 0.2) is 36.9 Å². The highest BCUT2D eigenvalue weighted by Crippen LogP contribution is 2.41. The van der Waals surface area contributed by atoms with Gasteiger partial charge in [0, 0.05) is 6.42 Å². The SMILES string of the molecule is Nc1ncnc2c1ncn2[C@]1(Cc2cccc(C(F)(F)F)c2)O[C@H](CO)[C@@H](O)[C@H]1O. The van der Waals surface area contributed by atoms with Crippen LogP contribution < -0.4 is 5.73 Å². The molecule has 9 nitrogen and oxygen atoms in total. The van der Waals surface area contributed by atoms with E-state index < -0.39 is 42.4 Å². The standard InChI is InChI=1S/C18H18F3N5O4/c19-18(20,21)10-3-1-2-9(4-10)5-17(14(29)13(28)11(6-27)30-17)26-8-25-12-15(22)23-7-24-16(12)26/h1-4,7-8,11,13-14,27-29H,5-6H2,(H2,22,23,24)/t11-,13-,14-,17-/m1/s1. The fourth-order valence-corrected chi connectivity index (χ4v) is 3.73. The van der Waals surface area contributed by atoms with E-state index in [2.05, 4.69) is 15.0 Å². The average Bonchev–Trinajstić information content (AvgIpc) is 3.24. The smallest absolute Gasteiger partial charge is 0.394 e. The normalized spacial score (nSPS) is 27.1. The summed E-state index contributed by atoms with van der Waals surface area (Å²) in [6, 6.07) is 4.53. The minimum absolute atomic E-state index is 0.0553. The van der Waals surface area contributed by atoms with Crippen LogP contribution in [0.2, 0.25) is 0 Å². The number of hydrogen-bond acceptors (Lipinski definition) is 8. The van der Waals surface area contributed by atoms with Crippen molar-refractivity contribution in [3.05, 3.63) is 48.0 Å². The van der Waals surface area contributed by atoms with Crippen LogP contribution in [0.3, 0.4) is 0 Å². The van der Waals surface area contributed by atoms with Crippen molar-refractivity contribution in [1.29, 1.82) is 0 Å². The van der Waals surface area contributed by atoms with Gasteiger partial charge in [-0.05, 0) is 11.6 Å². The third kappa shape index (κ3) is 3.17. The van der Waals surface area contributed by atoms with Gasteiger partial charge in [-0.1, -0.05) is 18.2 Å². The molecule has 4 atom stereocenters. The number of fused-ring (bicyclic) bond motifs is 1. The number of aliphatic hydroxyl groups is 3. The molecule has 160 valence electrons. The van der Waals surface area contributed by atoms with E-state index in [9.17, 15) is 28.5 Å². The molecule has 0 saturated carbocycles. The number of nitrogens with zero attached hydrogens (tertiary/aromatic N) is 4. The Labute approximate surface area is 167 Å². The van der Waals surface area contributed by atoms with Crippen LogP contribution >= 0.6 is 0 Å². The fourth-order valence-electron chi connectivity index (χ4n) is 3.73. The predicted molar refractivity (Wildman–Crippen MR) is 96.8 cm³/mol. The topological polar surface area (TPSA) is 140 Å². The van der Waals surface area contributed by atoms with Crippen molar-refractivity contribution in [3.8, 4) is 0 Å². The zero-order valence-corrected chi connectivity index (χ0v) is 15.4. The molecule has 0 spiro atoms. The van der Waals surface area contributed by atoms with Crippen LogP contribution in [0.4, 0.5) is 19.0 Å². The number of ether oxygens (including phenoxy) is 1. The largest absolute Gasteiger partial charge is 0.416 e. The monoisotopic (exact) mass is 425 g/mol. The first kappa shape index (κ1) is 20.5. The molecule has 1 aliphatic heterocycles. The lowest BCUT2D eigenvalue weighted by atomic mass is 9.94. The van der Waals surface area contributed by atoms with Gasteiger partial charge in [0.05, 0.1) is 18.5 Å². The van der Waals surface area contributed by atoms with Crippen LogP contribution in [0.1, 0.15) is 11.1 Å². The molecule has 1 fully saturated rings. The summed E-state index contributed by atoms with van der Waals surface area (Å²) in [5.74, 6) is 0.0553. The third-order valence-electron chi connectivity index (χ3n) is 5.18. The second-order valence-corrected chi connectivity index (χ2v) is 7.04. The molecule has 30 heavy (non-hydrogen) atoms. The first-order valence-electron chi connectivity index (χ1n) is 8.92. The lowest BCUT2D eigenvalue weighted by Crippen LogP contribution is -2.47. The molecule has 0 aliphatic carbocycles. The second-order valence-electron chi connectivity index (χ2n) is 7.04. The van der Waals surface area contributed by atoms with E-state index in [-0.39, 0.29) is 29.0 Å². The van der Waals surface area contributed by atoms with Crippen molar-refractivity contribution in [1.82, 2.24) is 19.5 Å². The zero-order valence-electron chi connectivity index (χ0n) is 15.4. The number of alkyl halides is 3. The summed E-state index contributed by atoms with van der Waals surface area (Å²) in [6.45, 7) is -0.619. The van der Waals surface area contributed by atoms with Gasteiger partial charge in [-0.3, -0.25) is 4.57 Å². The first-order valence-corrected chi connectivity index (χ1v) is 8.92. The molecule has 0 bridgehead atoms. The van der Waals surface area contributed by atoms with E-state index in [4.69, 9.17) is 10.5 Å². The van der Waals surface area contributed by atoms with Crippen molar-refractivity contribution < 1.29 is 33.2 Å². The van der Waals surface area contributed by atoms with Gasteiger partial charge in [0.25, 0.3) is 0 Å². The maximum atomic E-state index is 13.2. The highest BCUT2D eigenvalue weighted by Gasteiger charge is 2.56. The van der Waals surface area contributed by atoms with Crippen molar-refractivity contribution in [3.63, 3.8) is 0 Å². The van der Waals surface area contributed by atoms with Gasteiger partial charge >= 0.3 is 6.18 Å². The Balaban J connectivity index is 1.87. The molecule has 1 aliphatic rings. The van der Waals surface area contributed by atoms with Crippen LogP contribution in [0.5, 0.6) is 0 Å². The maximum absolute atomic E-state index is 13.2. The highest BCUT2D eigenvalue weighted by molar-refractivity contribution is 5.81. The number of anilines is 1. The summed E-state index contributed by atoms with van der Waals surface area (Å²) in [6.07, 6.45) is -6.72. The maximum Gasteiger partial charge on any atom is 0.416 e. The number of halogens is 3. The van der Waals surface area contributed by atoms with Crippen molar-refractivity contribution in [2.75, 3.05) is 12.3 Å². The van der Waals surface area contributed by atoms with E-state index in [1.807, 2.05) is 0 Å². The quantitative estimate of drug-likeness (QED) is 0.472. The second kappa shape index (κ2) is 7.16. The third-order valence-corrected chi connectivity index (χ3v) is 5.18. The fraction of sp³-hybridized carbons (Fsp3) is 0.389. The van der Waals surface area contributed by atoms with Gasteiger partial charge in [-0.25, -0.2) is 15.0 Å².